The largest absolute Gasteiger partial charge is 0.493 e. The Labute approximate surface area is 283 Å². The number of fused-ring (bicyclic) bond motifs is 2. The highest BCUT2D eigenvalue weighted by molar-refractivity contribution is 5.67. The van der Waals surface area contributed by atoms with Crippen molar-refractivity contribution in [3.63, 3.8) is 0 Å². The van der Waals surface area contributed by atoms with E-state index in [-0.39, 0.29) is 12.1 Å². The Morgan fingerprint density at radius 2 is 1.44 bits per heavy atom. The summed E-state index contributed by atoms with van der Waals surface area (Å²) < 4.78 is 32.5. The lowest BCUT2D eigenvalue weighted by molar-refractivity contribution is 0.218. The van der Waals surface area contributed by atoms with Crippen molar-refractivity contribution in [1.29, 1.82) is 0 Å². The van der Waals surface area contributed by atoms with Crippen LogP contribution in [0.1, 0.15) is 51.9 Å². The quantitative estimate of drug-likeness (QED) is 0.175. The van der Waals surface area contributed by atoms with Gasteiger partial charge in [-0.05, 0) is 131 Å². The molecule has 0 fully saturated rings. The van der Waals surface area contributed by atoms with Gasteiger partial charge >= 0.3 is 0 Å². The average Bonchev–Trinajstić information content (AvgIpc) is 3.08. The van der Waals surface area contributed by atoms with E-state index in [0.717, 1.165) is 92.0 Å². The van der Waals surface area contributed by atoms with Crippen LogP contribution in [0.5, 0.6) is 46.0 Å². The van der Waals surface area contributed by atoms with Gasteiger partial charge in [-0.1, -0.05) is 18.2 Å². The third-order valence-electron chi connectivity index (χ3n) is 10.4. The van der Waals surface area contributed by atoms with Gasteiger partial charge < -0.3 is 28.6 Å². The Kier molecular flexibility index (Phi) is 8.19. The number of methoxy groups -OCH3 is 1. The average molecular weight is 648 g/mol. The summed E-state index contributed by atoms with van der Waals surface area (Å²) in [6.07, 6.45) is 4.46. The zero-order chi connectivity index (χ0) is 32.9. The smallest absolute Gasteiger partial charge is 0.212 e. The summed E-state index contributed by atoms with van der Waals surface area (Å²) in [6.45, 7) is 3.51. The molecule has 5 heterocycles. The third kappa shape index (κ3) is 5.76. The van der Waals surface area contributed by atoms with Crippen LogP contribution in [0, 0.1) is 0 Å². The predicted octanol–water partition coefficient (Wildman–Crippen LogP) is 7.57. The first-order chi connectivity index (χ1) is 23.3. The first-order valence-electron chi connectivity index (χ1n) is 17.2. The predicted molar refractivity (Wildman–Crippen MR) is 187 cm³/mol. The first-order valence-corrected chi connectivity index (χ1v) is 17.2. The molecule has 0 N–H and O–H groups in total. The number of rotatable bonds is 6. The van der Waals surface area contributed by atoms with Crippen LogP contribution in [0.15, 0.2) is 60.7 Å². The van der Waals surface area contributed by atoms with E-state index in [1.807, 2.05) is 0 Å². The number of likely N-dealkylation sites (N-methyl/N-ethyl adjacent to an activating group) is 2. The molecule has 0 aliphatic carbocycles. The van der Waals surface area contributed by atoms with E-state index in [1.54, 1.807) is 7.11 Å². The summed E-state index contributed by atoms with van der Waals surface area (Å²) in [7, 11) is 10.3. The van der Waals surface area contributed by atoms with Gasteiger partial charge in [-0.2, -0.15) is 0 Å². The molecule has 8 nitrogen and oxygen atoms in total. The molecule has 2 atom stereocenters. The molecular weight excluding hydrogens is 602 g/mol. The lowest BCUT2D eigenvalue weighted by Crippen LogP contribution is -2.34. The van der Waals surface area contributed by atoms with Crippen molar-refractivity contribution >= 4 is 0 Å². The van der Waals surface area contributed by atoms with Crippen LogP contribution in [0.2, 0.25) is 0 Å². The first kappa shape index (κ1) is 31.1. The van der Waals surface area contributed by atoms with Gasteiger partial charge in [0.05, 0.1) is 13.7 Å². The fourth-order valence-electron chi connectivity index (χ4n) is 7.72. The Balaban J connectivity index is 1.25. The lowest BCUT2D eigenvalue weighted by atomic mass is 9.86. The van der Waals surface area contributed by atoms with E-state index in [4.69, 9.17) is 23.7 Å². The Morgan fingerprint density at radius 1 is 0.729 bits per heavy atom. The van der Waals surface area contributed by atoms with Crippen LogP contribution in [-0.4, -0.2) is 76.2 Å². The number of benzene rings is 4. The number of nitrogens with zero attached hydrogens (tertiary/aromatic N) is 3. The van der Waals surface area contributed by atoms with Crippen molar-refractivity contribution in [3.8, 4) is 46.0 Å². The minimum Gasteiger partial charge on any atom is -0.493 e. The Morgan fingerprint density at radius 3 is 2.23 bits per heavy atom. The molecular formula is C40H45N3O5. The fraction of sp³-hybridized carbons (Fsp3) is 0.400. The molecule has 48 heavy (non-hydrogen) atoms. The van der Waals surface area contributed by atoms with Crippen molar-refractivity contribution in [2.45, 2.75) is 44.2 Å². The third-order valence-corrected chi connectivity index (χ3v) is 10.4. The second kappa shape index (κ2) is 12.7. The van der Waals surface area contributed by atoms with Crippen molar-refractivity contribution in [2.24, 2.45) is 0 Å². The van der Waals surface area contributed by atoms with E-state index in [1.165, 1.54) is 33.4 Å². The molecule has 0 aromatic heterocycles. The summed E-state index contributed by atoms with van der Waals surface area (Å²) in [6, 6.07) is 21.8. The van der Waals surface area contributed by atoms with E-state index >= 15 is 0 Å². The van der Waals surface area contributed by atoms with Crippen LogP contribution >= 0.6 is 0 Å². The van der Waals surface area contributed by atoms with Crippen LogP contribution in [-0.2, 0) is 25.7 Å². The van der Waals surface area contributed by atoms with Crippen molar-refractivity contribution < 1.29 is 23.7 Å². The summed E-state index contributed by atoms with van der Waals surface area (Å²) in [4.78, 5) is 7.06. The zero-order valence-corrected chi connectivity index (χ0v) is 28.7. The Hall–Kier alpha value is -4.24. The summed E-state index contributed by atoms with van der Waals surface area (Å²) in [5.41, 5.74) is 7.43. The molecule has 8 heteroatoms. The van der Waals surface area contributed by atoms with Crippen molar-refractivity contribution in [1.82, 2.24) is 14.7 Å². The Bertz CT molecular complexity index is 1840. The minimum absolute atomic E-state index is 0.111. The van der Waals surface area contributed by atoms with Gasteiger partial charge in [-0.15, -0.1) is 0 Å². The van der Waals surface area contributed by atoms with Gasteiger partial charge in [0.2, 0.25) is 5.75 Å². The number of hydrogen-bond donors (Lipinski definition) is 0. The van der Waals surface area contributed by atoms with Crippen molar-refractivity contribution in [2.75, 3.05) is 61.5 Å². The van der Waals surface area contributed by atoms with Gasteiger partial charge in [0.1, 0.15) is 5.75 Å². The van der Waals surface area contributed by atoms with E-state index in [2.05, 4.69) is 104 Å². The molecule has 4 aromatic carbocycles. The maximum absolute atomic E-state index is 6.95. The highest BCUT2D eigenvalue weighted by Crippen LogP contribution is 2.56. The number of hydrogen-bond acceptors (Lipinski definition) is 8. The molecule has 0 saturated heterocycles. The second-order valence-electron chi connectivity index (χ2n) is 13.9. The maximum Gasteiger partial charge on any atom is 0.212 e. The monoisotopic (exact) mass is 647 g/mol. The topological polar surface area (TPSA) is 55.9 Å². The van der Waals surface area contributed by atoms with Crippen molar-refractivity contribution in [3.05, 3.63) is 94.0 Å². The normalized spacial score (nSPS) is 19.6. The molecule has 0 spiro atoms. The molecule has 1 unspecified atom stereocenters. The fourth-order valence-corrected chi connectivity index (χ4v) is 7.72. The summed E-state index contributed by atoms with van der Waals surface area (Å²) in [5.74, 6) is 6.00. The highest BCUT2D eigenvalue weighted by atomic mass is 16.6. The maximum atomic E-state index is 6.95. The van der Waals surface area contributed by atoms with E-state index in [0.29, 0.717) is 12.4 Å². The molecule has 5 aliphatic rings. The standard InChI is InChI=1S/C40H45N3O5/c1-41(2)15-6-18-45-33-12-9-26-20-31-30-24-36-35(22-27(30)13-16-42(31)3)47-39-37(44-5)23-28-14-17-43(4)32(38(28)40(39)48-36)19-25-7-10-29(11-8-25)46-34(33)21-26/h7-12,21-24,31-32H,6,13-20H2,1-5H3/t31-,32?/m0/s1. The highest BCUT2D eigenvalue weighted by Gasteiger charge is 2.37. The number of ether oxygens (including phenoxy) is 5. The van der Waals surface area contributed by atoms with Gasteiger partial charge in [0.15, 0.2) is 34.5 Å². The van der Waals surface area contributed by atoms with E-state index < -0.39 is 0 Å². The zero-order valence-electron chi connectivity index (χ0n) is 28.7. The van der Waals surface area contributed by atoms with Gasteiger partial charge in [-0.25, -0.2) is 0 Å². The lowest BCUT2D eigenvalue weighted by Gasteiger charge is -2.39. The summed E-state index contributed by atoms with van der Waals surface area (Å²) >= 11 is 0. The van der Waals surface area contributed by atoms with Gasteiger partial charge in [0, 0.05) is 37.3 Å². The molecule has 250 valence electrons. The molecule has 0 radical (unpaired) electrons. The van der Waals surface area contributed by atoms with Gasteiger partial charge in [-0.3, -0.25) is 9.80 Å². The van der Waals surface area contributed by atoms with Crippen LogP contribution in [0.4, 0.5) is 0 Å². The second-order valence-corrected chi connectivity index (χ2v) is 13.9. The van der Waals surface area contributed by atoms with Crippen LogP contribution < -0.4 is 23.7 Å². The molecule has 4 aromatic rings. The van der Waals surface area contributed by atoms with Gasteiger partial charge in [0.25, 0.3) is 0 Å². The minimum atomic E-state index is 0.111. The molecule has 0 amide bonds. The molecule has 0 saturated carbocycles. The SMILES string of the molecule is COc1cc2c3c4c1Oc1cc5c(cc1O4)[C@H](Cc1ccc(OCCCN(C)C)c(c1)Oc1ccc(cc1)CC3N(C)CC2)N(C)CC5. The van der Waals surface area contributed by atoms with Crippen LogP contribution in [0.3, 0.4) is 0 Å². The molecule has 7 bridgehead atoms. The van der Waals surface area contributed by atoms with Crippen LogP contribution in [0.25, 0.3) is 0 Å². The molecule has 9 rings (SSSR count). The summed E-state index contributed by atoms with van der Waals surface area (Å²) in [5, 5.41) is 0. The van der Waals surface area contributed by atoms with E-state index in [9.17, 15) is 0 Å². The molecule has 5 aliphatic heterocycles.